The maximum Gasteiger partial charge on any atom is 0.407 e. The molecule has 2 N–H and O–H groups in total. The van der Waals surface area contributed by atoms with Crippen molar-refractivity contribution in [3.8, 4) is 11.1 Å². The van der Waals surface area contributed by atoms with Gasteiger partial charge in [0.05, 0.1) is 0 Å². The van der Waals surface area contributed by atoms with Gasteiger partial charge in [-0.1, -0.05) is 75.7 Å². The summed E-state index contributed by atoms with van der Waals surface area (Å²) in [7, 11) is 0. The minimum Gasteiger partial charge on any atom is -0.480 e. The summed E-state index contributed by atoms with van der Waals surface area (Å²) >= 11 is 0. The molecule has 7 nitrogen and oxygen atoms in total. The van der Waals surface area contributed by atoms with Gasteiger partial charge < -0.3 is 20.1 Å². The van der Waals surface area contributed by atoms with Gasteiger partial charge in [0.25, 0.3) is 0 Å². The summed E-state index contributed by atoms with van der Waals surface area (Å²) in [6.45, 7) is 6.34. The van der Waals surface area contributed by atoms with E-state index in [1.165, 1.54) is 4.90 Å². The lowest BCUT2D eigenvalue weighted by Gasteiger charge is -2.30. The van der Waals surface area contributed by atoms with E-state index in [1.54, 1.807) is 0 Å². The number of nitrogens with one attached hydrogen (secondary N) is 1. The van der Waals surface area contributed by atoms with Crippen LogP contribution in [0.4, 0.5) is 4.79 Å². The molecule has 2 aromatic carbocycles. The third-order valence-electron chi connectivity index (χ3n) is 7.33. The van der Waals surface area contributed by atoms with E-state index in [4.69, 9.17) is 4.74 Å². The molecule has 0 bridgehead atoms. The number of carboxylic acids is 1. The topological polar surface area (TPSA) is 95.9 Å². The average Bonchev–Trinajstić information content (AvgIpc) is 3.32. The number of ether oxygens (including phenoxy) is 1. The number of likely N-dealkylation sites (tertiary alicyclic amines) is 1. The SMILES string of the molecule is CCCC(CC(=O)N1CCC(C)(C)C1C(=O)O)NC(=O)OCC1c2ccccc2-c2ccccc21. The van der Waals surface area contributed by atoms with E-state index in [0.717, 1.165) is 28.7 Å². The number of rotatable bonds is 8. The van der Waals surface area contributed by atoms with Gasteiger partial charge in [-0.05, 0) is 40.5 Å². The van der Waals surface area contributed by atoms with Crippen LogP contribution in [0.25, 0.3) is 11.1 Å². The monoisotopic (exact) mass is 478 g/mol. The van der Waals surface area contributed by atoms with Gasteiger partial charge in [0.15, 0.2) is 0 Å². The zero-order valence-electron chi connectivity index (χ0n) is 20.6. The molecule has 35 heavy (non-hydrogen) atoms. The fourth-order valence-corrected chi connectivity index (χ4v) is 5.54. The van der Waals surface area contributed by atoms with Crippen LogP contribution in [-0.4, -0.2) is 53.2 Å². The Bertz CT molecular complexity index is 1070. The number of alkyl carbamates (subject to hydrolysis) is 1. The molecule has 1 aliphatic carbocycles. The molecule has 2 unspecified atom stereocenters. The molecule has 1 heterocycles. The molecule has 186 valence electrons. The van der Waals surface area contributed by atoms with E-state index >= 15 is 0 Å². The Balaban J connectivity index is 1.38. The standard InChI is InChI=1S/C28H34N2O5/c1-4-9-18(16-24(31)30-15-14-28(2,3)25(30)26(32)33)29-27(34)35-17-23-21-12-7-5-10-19(21)20-11-6-8-13-22(20)23/h5-8,10-13,18,23,25H,4,9,14-17H2,1-3H3,(H,29,34)(H,32,33). The van der Waals surface area contributed by atoms with Gasteiger partial charge in [-0.15, -0.1) is 0 Å². The summed E-state index contributed by atoms with van der Waals surface area (Å²) in [5, 5.41) is 12.5. The fraction of sp³-hybridized carbons (Fsp3) is 0.464. The van der Waals surface area contributed by atoms with Crippen molar-refractivity contribution in [2.75, 3.05) is 13.2 Å². The van der Waals surface area contributed by atoms with Gasteiger partial charge in [0.2, 0.25) is 5.91 Å². The van der Waals surface area contributed by atoms with Crippen molar-refractivity contribution in [3.63, 3.8) is 0 Å². The van der Waals surface area contributed by atoms with Crippen LogP contribution in [0.1, 0.15) is 63.5 Å². The predicted octanol–water partition coefficient (Wildman–Crippen LogP) is 4.80. The first-order chi connectivity index (χ1) is 16.7. The Morgan fingerprint density at radius 3 is 2.26 bits per heavy atom. The number of hydrogen-bond acceptors (Lipinski definition) is 4. The van der Waals surface area contributed by atoms with Crippen molar-refractivity contribution < 1.29 is 24.2 Å². The molecular formula is C28H34N2O5. The molecule has 1 fully saturated rings. The van der Waals surface area contributed by atoms with E-state index in [1.807, 2.05) is 45.0 Å². The maximum absolute atomic E-state index is 13.0. The first-order valence-corrected chi connectivity index (χ1v) is 12.4. The van der Waals surface area contributed by atoms with Crippen LogP contribution in [0.15, 0.2) is 48.5 Å². The van der Waals surface area contributed by atoms with Gasteiger partial charge in [0.1, 0.15) is 12.6 Å². The Morgan fingerprint density at radius 1 is 1.09 bits per heavy atom. The van der Waals surface area contributed by atoms with Crippen LogP contribution in [0.3, 0.4) is 0 Å². The predicted molar refractivity (Wildman–Crippen MR) is 133 cm³/mol. The third-order valence-corrected chi connectivity index (χ3v) is 7.33. The van der Waals surface area contributed by atoms with Gasteiger partial charge >= 0.3 is 12.1 Å². The molecule has 2 amide bonds. The minimum atomic E-state index is -0.989. The Kier molecular flexibility index (Phi) is 7.15. The number of carbonyl (C=O) groups excluding carboxylic acids is 2. The van der Waals surface area contributed by atoms with E-state index in [-0.39, 0.29) is 24.9 Å². The third kappa shape index (κ3) is 5.04. The zero-order valence-corrected chi connectivity index (χ0v) is 20.6. The second-order valence-electron chi connectivity index (χ2n) is 10.2. The van der Waals surface area contributed by atoms with Crippen molar-refractivity contribution in [1.82, 2.24) is 10.2 Å². The molecule has 1 saturated heterocycles. The number of hydrogen-bond donors (Lipinski definition) is 2. The quantitative estimate of drug-likeness (QED) is 0.568. The molecule has 2 aromatic rings. The Hall–Kier alpha value is -3.35. The van der Waals surface area contributed by atoms with Gasteiger partial charge in [-0.25, -0.2) is 9.59 Å². The zero-order chi connectivity index (χ0) is 25.2. The molecule has 0 aromatic heterocycles. The van der Waals surface area contributed by atoms with Crippen LogP contribution < -0.4 is 5.32 Å². The largest absolute Gasteiger partial charge is 0.480 e. The Morgan fingerprint density at radius 2 is 1.69 bits per heavy atom. The van der Waals surface area contributed by atoms with Crippen LogP contribution in [0, 0.1) is 5.41 Å². The smallest absolute Gasteiger partial charge is 0.407 e. The second-order valence-corrected chi connectivity index (χ2v) is 10.2. The lowest BCUT2D eigenvalue weighted by Crippen LogP contribution is -2.48. The molecule has 2 aliphatic rings. The van der Waals surface area contributed by atoms with E-state index in [2.05, 4.69) is 29.6 Å². The lowest BCUT2D eigenvalue weighted by molar-refractivity contribution is -0.151. The van der Waals surface area contributed by atoms with Gasteiger partial charge in [0, 0.05) is 24.9 Å². The van der Waals surface area contributed by atoms with Crippen LogP contribution in [-0.2, 0) is 14.3 Å². The molecular weight excluding hydrogens is 444 g/mol. The van der Waals surface area contributed by atoms with E-state index < -0.39 is 29.6 Å². The van der Waals surface area contributed by atoms with Gasteiger partial charge in [-0.3, -0.25) is 4.79 Å². The highest BCUT2D eigenvalue weighted by molar-refractivity contribution is 5.85. The van der Waals surface area contributed by atoms with Crippen molar-refractivity contribution in [1.29, 1.82) is 0 Å². The molecule has 2 atom stereocenters. The number of carbonyl (C=O) groups is 3. The lowest BCUT2D eigenvalue weighted by atomic mass is 9.85. The van der Waals surface area contributed by atoms with Crippen LogP contribution in [0.5, 0.6) is 0 Å². The van der Waals surface area contributed by atoms with Gasteiger partial charge in [-0.2, -0.15) is 0 Å². The van der Waals surface area contributed by atoms with E-state index in [9.17, 15) is 19.5 Å². The number of aliphatic carboxylic acids is 1. The summed E-state index contributed by atoms with van der Waals surface area (Å²) in [5.74, 6) is -1.28. The minimum absolute atomic E-state index is 0.0393. The second kappa shape index (κ2) is 10.1. The van der Waals surface area contributed by atoms with Crippen molar-refractivity contribution in [3.05, 3.63) is 59.7 Å². The summed E-state index contributed by atoms with van der Waals surface area (Å²) in [5.41, 5.74) is 4.11. The fourth-order valence-electron chi connectivity index (χ4n) is 5.54. The van der Waals surface area contributed by atoms with Crippen LogP contribution >= 0.6 is 0 Å². The van der Waals surface area contributed by atoms with Crippen molar-refractivity contribution in [2.24, 2.45) is 5.41 Å². The highest BCUT2D eigenvalue weighted by Crippen LogP contribution is 2.44. The number of carboxylic acid groups (broad SMARTS) is 1. The first-order valence-electron chi connectivity index (χ1n) is 12.4. The van der Waals surface area contributed by atoms with Crippen LogP contribution in [0.2, 0.25) is 0 Å². The normalized spacial score (nSPS) is 19.1. The molecule has 1 aliphatic heterocycles. The van der Waals surface area contributed by atoms with Crippen molar-refractivity contribution in [2.45, 2.75) is 64.5 Å². The maximum atomic E-state index is 13.0. The summed E-state index contributed by atoms with van der Waals surface area (Å²) in [6, 6.07) is 15.0. The summed E-state index contributed by atoms with van der Waals surface area (Å²) < 4.78 is 5.65. The van der Waals surface area contributed by atoms with Crippen molar-refractivity contribution >= 4 is 18.0 Å². The Labute approximate surface area is 206 Å². The highest BCUT2D eigenvalue weighted by Gasteiger charge is 2.47. The molecule has 0 saturated carbocycles. The molecule has 7 heteroatoms. The summed E-state index contributed by atoms with van der Waals surface area (Å²) in [6.07, 6.45) is 1.50. The molecule has 0 radical (unpaired) electrons. The number of benzene rings is 2. The number of amides is 2. The average molecular weight is 479 g/mol. The molecule has 0 spiro atoms. The molecule has 4 rings (SSSR count). The highest BCUT2D eigenvalue weighted by atomic mass is 16.5. The summed E-state index contributed by atoms with van der Waals surface area (Å²) in [4.78, 5) is 39.0. The number of nitrogens with zero attached hydrogens (tertiary/aromatic N) is 1. The van der Waals surface area contributed by atoms with E-state index in [0.29, 0.717) is 19.4 Å². The number of fused-ring (bicyclic) bond motifs is 3. The first kappa shape index (κ1) is 24.8.